The Kier molecular flexibility index (Phi) is 5.27. The van der Waals surface area contributed by atoms with Crippen molar-refractivity contribution >= 4 is 35.1 Å². The lowest BCUT2D eigenvalue weighted by molar-refractivity contribution is -0.143. The third kappa shape index (κ3) is 3.88. The first-order chi connectivity index (χ1) is 12.5. The number of nitrogens with zero attached hydrogens (tertiary/aromatic N) is 1. The molecule has 0 saturated carbocycles. The van der Waals surface area contributed by atoms with E-state index in [2.05, 4.69) is 10.3 Å². The molecule has 2 amide bonds. The molecule has 1 aliphatic rings. The summed E-state index contributed by atoms with van der Waals surface area (Å²) in [4.78, 5) is 40.6. The molecule has 8 heteroatoms. The maximum atomic E-state index is 12.6. The van der Waals surface area contributed by atoms with Crippen molar-refractivity contribution in [3.05, 3.63) is 52.8 Å². The fourth-order valence-corrected chi connectivity index (χ4v) is 3.13. The van der Waals surface area contributed by atoms with Gasteiger partial charge in [-0.05, 0) is 43.2 Å². The largest absolute Gasteiger partial charge is 0.481 e. The number of urea groups is 1. The van der Waals surface area contributed by atoms with E-state index in [0.717, 1.165) is 0 Å². The Morgan fingerprint density at radius 2 is 1.92 bits per heavy atom. The van der Waals surface area contributed by atoms with Crippen LogP contribution in [0.15, 0.2) is 36.5 Å². The second kappa shape index (κ2) is 7.61. The molecular formula is C18H18ClN3O4. The van der Waals surface area contributed by atoms with E-state index >= 15 is 0 Å². The Labute approximate surface area is 155 Å². The molecule has 0 unspecified atom stereocenters. The van der Waals surface area contributed by atoms with Gasteiger partial charge in [-0.15, -0.1) is 0 Å². The van der Waals surface area contributed by atoms with Crippen molar-refractivity contribution in [2.24, 2.45) is 5.92 Å². The fraction of sp³-hybridized carbons (Fsp3) is 0.278. The standard InChI is InChI=1S/C18H18ClN3O4/c19-12-3-4-14(13(10-12)16(23)15-2-1-7-20-15)21-18(26)22-8-5-11(6-9-22)17(24)25/h1-4,7,10-11,20H,5-6,8-9H2,(H,21,26)(H,24,25). The third-order valence-electron chi connectivity index (χ3n) is 4.44. The number of nitrogens with one attached hydrogen (secondary N) is 2. The molecule has 0 atom stereocenters. The average Bonchev–Trinajstić information content (AvgIpc) is 3.17. The molecule has 1 saturated heterocycles. The highest BCUT2D eigenvalue weighted by Crippen LogP contribution is 2.25. The van der Waals surface area contributed by atoms with E-state index in [0.29, 0.717) is 42.3 Å². The number of carboxylic acids is 1. The van der Waals surface area contributed by atoms with Gasteiger partial charge in [-0.25, -0.2) is 4.79 Å². The molecule has 1 fully saturated rings. The van der Waals surface area contributed by atoms with E-state index in [1.54, 1.807) is 35.4 Å². The monoisotopic (exact) mass is 375 g/mol. The molecule has 0 radical (unpaired) electrons. The number of hydrogen-bond acceptors (Lipinski definition) is 3. The molecule has 0 spiro atoms. The minimum Gasteiger partial charge on any atom is -0.481 e. The SMILES string of the molecule is O=C(c1ccc[nH]1)c1cc(Cl)ccc1NC(=O)N1CCC(C(=O)O)CC1. The summed E-state index contributed by atoms with van der Waals surface area (Å²) in [5.74, 6) is -1.53. The van der Waals surface area contributed by atoms with Crippen LogP contribution in [0.4, 0.5) is 10.5 Å². The number of aromatic amines is 1. The first-order valence-electron chi connectivity index (χ1n) is 8.22. The highest BCUT2D eigenvalue weighted by molar-refractivity contribution is 6.31. The molecule has 7 nitrogen and oxygen atoms in total. The number of rotatable bonds is 4. The van der Waals surface area contributed by atoms with Gasteiger partial charge in [0.2, 0.25) is 5.78 Å². The number of hydrogen-bond donors (Lipinski definition) is 3. The number of carbonyl (C=O) groups excluding carboxylic acids is 2. The molecule has 2 aromatic rings. The number of benzene rings is 1. The molecule has 1 aliphatic heterocycles. The van der Waals surface area contributed by atoms with E-state index in [1.807, 2.05) is 0 Å². The molecule has 3 rings (SSSR count). The lowest BCUT2D eigenvalue weighted by atomic mass is 9.97. The zero-order valence-electron chi connectivity index (χ0n) is 13.9. The Morgan fingerprint density at radius 3 is 2.54 bits per heavy atom. The van der Waals surface area contributed by atoms with Gasteiger partial charge in [-0.3, -0.25) is 9.59 Å². The predicted octanol–water partition coefficient (Wildman–Crippen LogP) is 3.23. The van der Waals surface area contributed by atoms with Gasteiger partial charge in [-0.2, -0.15) is 0 Å². The van der Waals surface area contributed by atoms with Crippen LogP contribution >= 0.6 is 11.6 Å². The van der Waals surface area contributed by atoms with Crippen molar-refractivity contribution in [3.63, 3.8) is 0 Å². The summed E-state index contributed by atoms with van der Waals surface area (Å²) in [7, 11) is 0. The number of anilines is 1. The second-order valence-electron chi connectivity index (χ2n) is 6.13. The molecule has 0 aliphatic carbocycles. The Hall–Kier alpha value is -2.80. The first kappa shape index (κ1) is 18.0. The summed E-state index contributed by atoms with van der Waals surface area (Å²) in [5.41, 5.74) is 1.04. The number of aromatic nitrogens is 1. The van der Waals surface area contributed by atoms with E-state index in [-0.39, 0.29) is 17.4 Å². The van der Waals surface area contributed by atoms with E-state index in [9.17, 15) is 14.4 Å². The highest BCUT2D eigenvalue weighted by Gasteiger charge is 2.27. The lowest BCUT2D eigenvalue weighted by Crippen LogP contribution is -2.42. The van der Waals surface area contributed by atoms with Gasteiger partial charge in [0.1, 0.15) is 0 Å². The fourth-order valence-electron chi connectivity index (χ4n) is 2.95. The summed E-state index contributed by atoms with van der Waals surface area (Å²) < 4.78 is 0. The normalized spacial score (nSPS) is 14.9. The molecule has 2 heterocycles. The Morgan fingerprint density at radius 1 is 1.19 bits per heavy atom. The van der Waals surface area contributed by atoms with Crippen molar-refractivity contribution in [1.29, 1.82) is 0 Å². The number of carboxylic acid groups (broad SMARTS) is 1. The van der Waals surface area contributed by atoms with Crippen molar-refractivity contribution in [2.45, 2.75) is 12.8 Å². The predicted molar refractivity (Wildman–Crippen MR) is 96.6 cm³/mol. The molecule has 3 N–H and O–H groups in total. The average molecular weight is 376 g/mol. The van der Waals surface area contributed by atoms with Crippen molar-refractivity contribution in [1.82, 2.24) is 9.88 Å². The van der Waals surface area contributed by atoms with Gasteiger partial charge in [0.05, 0.1) is 17.3 Å². The number of H-pyrrole nitrogens is 1. The number of likely N-dealkylation sites (tertiary alicyclic amines) is 1. The minimum absolute atomic E-state index is 0.280. The molecule has 136 valence electrons. The summed E-state index contributed by atoms with van der Waals surface area (Å²) in [6, 6.07) is 7.68. The van der Waals surface area contributed by atoms with Crippen molar-refractivity contribution < 1.29 is 19.5 Å². The minimum atomic E-state index is -0.832. The molecule has 1 aromatic carbocycles. The van der Waals surface area contributed by atoms with Gasteiger partial charge in [-0.1, -0.05) is 11.6 Å². The van der Waals surface area contributed by atoms with Crippen LogP contribution in [0, 0.1) is 5.92 Å². The summed E-state index contributed by atoms with van der Waals surface area (Å²) >= 11 is 6.01. The van der Waals surface area contributed by atoms with Crippen molar-refractivity contribution in [2.75, 3.05) is 18.4 Å². The Bertz CT molecular complexity index is 827. The van der Waals surface area contributed by atoms with Crippen LogP contribution in [0.25, 0.3) is 0 Å². The second-order valence-corrected chi connectivity index (χ2v) is 6.57. The highest BCUT2D eigenvalue weighted by atomic mass is 35.5. The molecule has 26 heavy (non-hydrogen) atoms. The van der Waals surface area contributed by atoms with Crippen LogP contribution in [0.3, 0.4) is 0 Å². The maximum absolute atomic E-state index is 12.6. The zero-order valence-corrected chi connectivity index (χ0v) is 14.6. The number of amides is 2. The van der Waals surface area contributed by atoms with Gasteiger partial charge in [0.25, 0.3) is 0 Å². The van der Waals surface area contributed by atoms with Crippen molar-refractivity contribution in [3.8, 4) is 0 Å². The lowest BCUT2D eigenvalue weighted by Gasteiger charge is -2.30. The molecule has 1 aromatic heterocycles. The topological polar surface area (TPSA) is 103 Å². The smallest absolute Gasteiger partial charge is 0.321 e. The maximum Gasteiger partial charge on any atom is 0.321 e. The number of carbonyl (C=O) groups is 3. The quantitative estimate of drug-likeness (QED) is 0.714. The van der Waals surface area contributed by atoms with E-state index in [4.69, 9.17) is 16.7 Å². The van der Waals surface area contributed by atoms with E-state index < -0.39 is 11.9 Å². The zero-order chi connectivity index (χ0) is 18.7. The molecule has 0 bridgehead atoms. The van der Waals surface area contributed by atoms with Gasteiger partial charge in [0.15, 0.2) is 0 Å². The van der Waals surface area contributed by atoms with Crippen LogP contribution in [-0.4, -0.2) is 45.9 Å². The van der Waals surface area contributed by atoms with Crippen LogP contribution < -0.4 is 5.32 Å². The third-order valence-corrected chi connectivity index (χ3v) is 4.68. The molecular weight excluding hydrogens is 358 g/mol. The van der Waals surface area contributed by atoms with Gasteiger partial charge < -0.3 is 20.3 Å². The first-order valence-corrected chi connectivity index (χ1v) is 8.60. The Balaban J connectivity index is 1.75. The summed E-state index contributed by atoms with van der Waals surface area (Å²) in [6.07, 6.45) is 2.47. The number of aliphatic carboxylic acids is 1. The van der Waals surface area contributed by atoms with Crippen LogP contribution in [0.5, 0.6) is 0 Å². The number of piperidine rings is 1. The summed E-state index contributed by atoms with van der Waals surface area (Å²) in [5, 5.41) is 12.2. The summed E-state index contributed by atoms with van der Waals surface area (Å²) in [6.45, 7) is 0.715. The van der Waals surface area contributed by atoms with Crippen LogP contribution in [-0.2, 0) is 4.79 Å². The number of halogens is 1. The van der Waals surface area contributed by atoms with E-state index in [1.165, 1.54) is 6.07 Å². The van der Waals surface area contributed by atoms with Crippen LogP contribution in [0.1, 0.15) is 28.9 Å². The van der Waals surface area contributed by atoms with Crippen LogP contribution in [0.2, 0.25) is 5.02 Å². The number of ketones is 1. The van der Waals surface area contributed by atoms with Gasteiger partial charge >= 0.3 is 12.0 Å². The van der Waals surface area contributed by atoms with Gasteiger partial charge in [0, 0.05) is 29.9 Å².